The smallest absolute Gasteiger partial charge is 0.312 e. The third-order valence-corrected chi connectivity index (χ3v) is 8.26. The number of ether oxygens (including phenoxy) is 2. The summed E-state index contributed by atoms with van der Waals surface area (Å²) in [4.78, 5) is 44.1. The number of hydrogen-bond acceptors (Lipinski definition) is 6. The van der Waals surface area contributed by atoms with Crippen LogP contribution in [0.3, 0.4) is 0 Å². The highest BCUT2D eigenvalue weighted by molar-refractivity contribution is 9.09. The number of alkyl halides is 1. The van der Waals surface area contributed by atoms with Gasteiger partial charge in [0, 0.05) is 35.2 Å². The van der Waals surface area contributed by atoms with Crippen LogP contribution in [0.25, 0.3) is 0 Å². The number of rotatable bonds is 11. The minimum absolute atomic E-state index is 0.0230. The molecule has 1 aromatic carbocycles. The Bertz CT molecular complexity index is 1040. The SMILES string of the molecule is C=CCOC(=O)[C@H]1[C@@H]2OC3(CC2Br)C(C(=O)N(CC=C)c2ccc(Cl)cc2)N(CCCCO)C(=O)[C@H]13. The lowest BCUT2D eigenvalue weighted by molar-refractivity contribution is -0.153. The summed E-state index contributed by atoms with van der Waals surface area (Å²) in [5.41, 5.74) is -0.576. The largest absolute Gasteiger partial charge is 0.461 e. The molecule has 3 saturated heterocycles. The van der Waals surface area contributed by atoms with Gasteiger partial charge in [0.1, 0.15) is 18.2 Å². The maximum atomic E-state index is 14.3. The summed E-state index contributed by atoms with van der Waals surface area (Å²) in [6.45, 7) is 7.84. The first-order valence-electron chi connectivity index (χ1n) is 12.0. The zero-order valence-corrected chi connectivity index (χ0v) is 22.2. The summed E-state index contributed by atoms with van der Waals surface area (Å²) in [5, 5.41) is 9.84. The molecule has 2 amide bonds. The van der Waals surface area contributed by atoms with Gasteiger partial charge >= 0.3 is 5.97 Å². The molecular weight excluding hydrogens is 552 g/mol. The highest BCUT2D eigenvalue weighted by atomic mass is 79.9. The van der Waals surface area contributed by atoms with Crippen LogP contribution in [0.2, 0.25) is 5.02 Å². The standard InChI is InChI=1S/C26H30BrClN2O6/c1-3-11-29(17-9-7-16(28)8-10-17)24(33)22-26-15-18(27)21(36-26)19(25(34)35-14-4-2)20(26)23(32)30(22)12-5-6-13-31/h3-4,7-10,18-22,31H,1-2,5-6,11-15H2/t18?,19-,20+,21-,22?,26?/m1/s1. The lowest BCUT2D eigenvalue weighted by atomic mass is 9.70. The van der Waals surface area contributed by atoms with Crippen LogP contribution in [0, 0.1) is 11.8 Å². The molecule has 10 heteroatoms. The Morgan fingerprint density at radius 2 is 2.00 bits per heavy atom. The van der Waals surface area contributed by atoms with E-state index in [1.165, 1.54) is 11.0 Å². The van der Waals surface area contributed by atoms with Gasteiger partial charge in [-0.3, -0.25) is 14.4 Å². The number of benzene rings is 1. The van der Waals surface area contributed by atoms with E-state index in [-0.39, 0.29) is 42.9 Å². The molecule has 6 atom stereocenters. The monoisotopic (exact) mass is 580 g/mol. The lowest BCUT2D eigenvalue weighted by Gasteiger charge is -2.37. The Balaban J connectivity index is 1.76. The van der Waals surface area contributed by atoms with Gasteiger partial charge in [0.2, 0.25) is 5.91 Å². The minimum atomic E-state index is -1.18. The average molecular weight is 582 g/mol. The fraction of sp³-hybridized carbons (Fsp3) is 0.500. The van der Waals surface area contributed by atoms with Crippen LogP contribution in [-0.2, 0) is 23.9 Å². The molecule has 0 aromatic heterocycles. The number of anilines is 1. The maximum absolute atomic E-state index is 14.3. The van der Waals surface area contributed by atoms with Gasteiger partial charge in [-0.2, -0.15) is 0 Å². The van der Waals surface area contributed by atoms with Crippen molar-refractivity contribution in [2.45, 2.75) is 41.8 Å². The summed E-state index contributed by atoms with van der Waals surface area (Å²) in [6.07, 6.45) is 3.87. The van der Waals surface area contributed by atoms with Gasteiger partial charge in [0.05, 0.1) is 17.9 Å². The van der Waals surface area contributed by atoms with Gasteiger partial charge in [-0.15, -0.1) is 6.58 Å². The lowest BCUT2D eigenvalue weighted by Crippen LogP contribution is -2.57. The molecule has 2 bridgehead atoms. The van der Waals surface area contributed by atoms with Crippen molar-refractivity contribution in [1.82, 2.24) is 4.90 Å². The van der Waals surface area contributed by atoms with E-state index in [1.54, 1.807) is 35.2 Å². The van der Waals surface area contributed by atoms with Crippen molar-refractivity contribution in [3.05, 3.63) is 54.6 Å². The summed E-state index contributed by atoms with van der Waals surface area (Å²) in [7, 11) is 0. The van der Waals surface area contributed by atoms with Gasteiger partial charge in [-0.1, -0.05) is 46.3 Å². The molecule has 36 heavy (non-hydrogen) atoms. The van der Waals surface area contributed by atoms with Crippen molar-refractivity contribution in [1.29, 1.82) is 0 Å². The third-order valence-electron chi connectivity index (χ3n) is 7.16. The number of nitrogens with zero attached hydrogens (tertiary/aromatic N) is 2. The number of aliphatic hydroxyl groups is 1. The first-order valence-corrected chi connectivity index (χ1v) is 13.3. The average Bonchev–Trinajstić information content (AvgIpc) is 3.45. The molecule has 1 aromatic rings. The number of carbonyl (C=O) groups excluding carboxylic acids is 3. The number of carbonyl (C=O) groups is 3. The van der Waals surface area contributed by atoms with Crippen LogP contribution in [-0.4, -0.2) is 76.7 Å². The van der Waals surface area contributed by atoms with Crippen molar-refractivity contribution >= 4 is 51.0 Å². The highest BCUT2D eigenvalue weighted by Gasteiger charge is 2.77. The predicted octanol–water partition coefficient (Wildman–Crippen LogP) is 3.11. The number of fused-ring (bicyclic) bond motifs is 1. The Morgan fingerprint density at radius 3 is 2.64 bits per heavy atom. The summed E-state index contributed by atoms with van der Waals surface area (Å²) < 4.78 is 11.8. The molecule has 8 nitrogen and oxygen atoms in total. The topological polar surface area (TPSA) is 96.4 Å². The summed E-state index contributed by atoms with van der Waals surface area (Å²) in [5.74, 6) is -2.83. The Morgan fingerprint density at radius 1 is 1.28 bits per heavy atom. The molecule has 3 aliphatic rings. The van der Waals surface area contributed by atoms with E-state index >= 15 is 0 Å². The quantitative estimate of drug-likeness (QED) is 0.187. The van der Waals surface area contributed by atoms with E-state index in [4.69, 9.17) is 21.1 Å². The second-order valence-electron chi connectivity index (χ2n) is 9.26. The van der Waals surface area contributed by atoms with Crippen molar-refractivity contribution in [2.24, 2.45) is 11.8 Å². The van der Waals surface area contributed by atoms with Crippen LogP contribution < -0.4 is 4.90 Å². The fourth-order valence-corrected chi connectivity index (χ4v) is 6.84. The van der Waals surface area contributed by atoms with E-state index in [9.17, 15) is 19.5 Å². The molecular formula is C26H30BrClN2O6. The number of aliphatic hydroxyl groups excluding tert-OH is 1. The number of halogens is 2. The van der Waals surface area contributed by atoms with Crippen LogP contribution >= 0.6 is 27.5 Å². The second kappa shape index (κ2) is 11.0. The highest BCUT2D eigenvalue weighted by Crippen LogP contribution is 2.60. The van der Waals surface area contributed by atoms with Crippen molar-refractivity contribution in [3.8, 4) is 0 Å². The number of likely N-dealkylation sites (tertiary alicyclic amines) is 1. The number of unbranched alkanes of at least 4 members (excludes halogenated alkanes) is 1. The van der Waals surface area contributed by atoms with E-state index in [0.717, 1.165) is 0 Å². The minimum Gasteiger partial charge on any atom is -0.461 e. The molecule has 3 aliphatic heterocycles. The van der Waals surface area contributed by atoms with Crippen LogP contribution in [0.5, 0.6) is 0 Å². The predicted molar refractivity (Wildman–Crippen MR) is 139 cm³/mol. The molecule has 1 N–H and O–H groups in total. The Kier molecular flexibility index (Phi) is 8.24. The number of amides is 2. The molecule has 0 radical (unpaired) electrons. The van der Waals surface area contributed by atoms with E-state index < -0.39 is 35.6 Å². The van der Waals surface area contributed by atoms with Gasteiger partial charge in [0.25, 0.3) is 5.91 Å². The van der Waals surface area contributed by atoms with E-state index in [2.05, 4.69) is 29.1 Å². The molecule has 3 fully saturated rings. The van der Waals surface area contributed by atoms with E-state index in [0.29, 0.717) is 30.0 Å². The Labute approximate surface area is 224 Å². The number of esters is 1. The first-order chi connectivity index (χ1) is 17.3. The van der Waals surface area contributed by atoms with Crippen LogP contribution in [0.1, 0.15) is 19.3 Å². The van der Waals surface area contributed by atoms with Crippen molar-refractivity contribution in [2.75, 3.05) is 31.2 Å². The zero-order chi connectivity index (χ0) is 26.0. The molecule has 0 saturated carbocycles. The fourth-order valence-electron chi connectivity index (χ4n) is 5.77. The number of hydrogen-bond donors (Lipinski definition) is 1. The van der Waals surface area contributed by atoms with Crippen molar-refractivity contribution < 1.29 is 29.0 Å². The molecule has 0 aliphatic carbocycles. The van der Waals surface area contributed by atoms with Crippen LogP contribution in [0.4, 0.5) is 5.69 Å². The molecule has 194 valence electrons. The van der Waals surface area contributed by atoms with Gasteiger partial charge in [-0.25, -0.2) is 0 Å². The molecule has 3 heterocycles. The summed E-state index contributed by atoms with van der Waals surface area (Å²) >= 11 is 9.70. The second-order valence-corrected chi connectivity index (χ2v) is 10.9. The summed E-state index contributed by atoms with van der Waals surface area (Å²) in [6, 6.07) is 5.91. The van der Waals surface area contributed by atoms with E-state index in [1.807, 2.05) is 0 Å². The Hall–Kier alpha value is -2.20. The zero-order valence-electron chi connectivity index (χ0n) is 19.9. The normalized spacial score (nSPS) is 30.2. The molecule has 3 unspecified atom stereocenters. The van der Waals surface area contributed by atoms with Gasteiger partial charge in [-0.05, 0) is 43.5 Å². The van der Waals surface area contributed by atoms with Gasteiger partial charge in [0.15, 0.2) is 0 Å². The molecule has 4 rings (SSSR count). The van der Waals surface area contributed by atoms with Crippen molar-refractivity contribution in [3.63, 3.8) is 0 Å². The first kappa shape index (κ1) is 26.9. The van der Waals surface area contributed by atoms with Gasteiger partial charge < -0.3 is 24.4 Å². The van der Waals surface area contributed by atoms with Crippen LogP contribution in [0.15, 0.2) is 49.6 Å². The third kappa shape index (κ3) is 4.51. The molecule has 1 spiro atoms. The maximum Gasteiger partial charge on any atom is 0.312 e.